The summed E-state index contributed by atoms with van der Waals surface area (Å²) in [5, 5.41) is 13.0. The topological polar surface area (TPSA) is 82.2 Å². The molecule has 1 aromatic heterocycles. The number of carbonyl (C=O) groups is 2. The lowest BCUT2D eigenvalue weighted by Crippen LogP contribution is -2.44. The van der Waals surface area contributed by atoms with Crippen molar-refractivity contribution in [1.82, 2.24) is 25.2 Å². The summed E-state index contributed by atoms with van der Waals surface area (Å²) in [5.74, 6) is 2.07. The fourth-order valence-electron chi connectivity index (χ4n) is 7.23. The van der Waals surface area contributed by atoms with Crippen LogP contribution in [0.3, 0.4) is 0 Å². The van der Waals surface area contributed by atoms with Gasteiger partial charge in [0.2, 0.25) is 0 Å². The quantitative estimate of drug-likeness (QED) is 0.373. The van der Waals surface area contributed by atoms with Crippen LogP contribution in [0.2, 0.25) is 0 Å². The van der Waals surface area contributed by atoms with Gasteiger partial charge in [-0.2, -0.15) is 15.4 Å². The largest absolute Gasteiger partial charge is 0.338 e. The van der Waals surface area contributed by atoms with Gasteiger partial charge >= 0.3 is 0 Å². The number of fused-ring (bicyclic) bond motifs is 6. The van der Waals surface area contributed by atoms with Crippen molar-refractivity contribution in [3.63, 3.8) is 0 Å². The van der Waals surface area contributed by atoms with E-state index in [1.807, 2.05) is 58.3 Å². The van der Waals surface area contributed by atoms with E-state index >= 15 is 0 Å². The van der Waals surface area contributed by atoms with Crippen molar-refractivity contribution in [3.8, 4) is 11.1 Å². The normalized spacial score (nSPS) is 23.6. The van der Waals surface area contributed by atoms with Crippen molar-refractivity contribution in [3.05, 3.63) is 96.1 Å². The van der Waals surface area contributed by atoms with Crippen molar-refractivity contribution in [2.75, 3.05) is 26.2 Å². The highest BCUT2D eigenvalue weighted by Crippen LogP contribution is 2.54. The molecule has 3 aliphatic rings. The molecule has 0 radical (unpaired) electrons. The number of likely N-dealkylation sites (tertiary alicyclic amines) is 2. The van der Waals surface area contributed by atoms with Crippen LogP contribution in [0.4, 0.5) is 0 Å². The van der Waals surface area contributed by atoms with Crippen LogP contribution in [0.5, 0.6) is 0 Å². The second-order valence-corrected chi connectivity index (χ2v) is 11.2. The Labute approximate surface area is 225 Å². The minimum atomic E-state index is 0.0619. The Balaban J connectivity index is 0.950. The van der Waals surface area contributed by atoms with E-state index in [0.717, 1.165) is 48.0 Å². The van der Waals surface area contributed by atoms with Crippen LogP contribution in [0.25, 0.3) is 32.9 Å². The molecule has 7 heteroatoms. The Hall–Kier alpha value is -4.52. The van der Waals surface area contributed by atoms with Gasteiger partial charge in [-0.1, -0.05) is 48.5 Å². The Morgan fingerprint density at radius 1 is 0.590 bits per heavy atom. The maximum absolute atomic E-state index is 13.5. The average molecular weight is 514 g/mol. The molecule has 2 saturated heterocycles. The number of rotatable bonds is 3. The predicted octanol–water partition coefficient (Wildman–Crippen LogP) is 4.87. The van der Waals surface area contributed by atoms with E-state index in [4.69, 9.17) is 0 Å². The summed E-state index contributed by atoms with van der Waals surface area (Å²) in [6.07, 6.45) is 0. The first-order valence-electron chi connectivity index (χ1n) is 13.6. The number of aromatic nitrogens is 3. The number of aromatic amines is 1. The summed E-state index contributed by atoms with van der Waals surface area (Å²) in [4.78, 5) is 30.8. The highest BCUT2D eigenvalue weighted by Gasteiger charge is 2.59. The maximum atomic E-state index is 13.5. The summed E-state index contributed by atoms with van der Waals surface area (Å²) in [6.45, 7) is 3.09. The molecule has 192 valence electrons. The molecule has 2 amide bonds. The van der Waals surface area contributed by atoms with Gasteiger partial charge in [-0.3, -0.25) is 9.59 Å². The number of amides is 2. The highest BCUT2D eigenvalue weighted by molar-refractivity contribution is 6.00. The monoisotopic (exact) mass is 513 g/mol. The molecule has 2 aliphatic heterocycles. The zero-order chi connectivity index (χ0) is 26.1. The lowest BCUT2D eigenvalue weighted by Gasteiger charge is -2.42. The van der Waals surface area contributed by atoms with Crippen molar-refractivity contribution < 1.29 is 9.59 Å². The number of hydrogen-bond donors (Lipinski definition) is 1. The van der Waals surface area contributed by atoms with Crippen LogP contribution in [0.1, 0.15) is 20.7 Å². The van der Waals surface area contributed by atoms with Crippen LogP contribution >= 0.6 is 0 Å². The first-order valence-corrected chi connectivity index (χ1v) is 13.6. The van der Waals surface area contributed by atoms with E-state index in [1.54, 1.807) is 0 Å². The van der Waals surface area contributed by atoms with E-state index in [2.05, 4.69) is 51.8 Å². The van der Waals surface area contributed by atoms with E-state index in [-0.39, 0.29) is 11.8 Å². The van der Waals surface area contributed by atoms with Gasteiger partial charge in [0.1, 0.15) is 11.0 Å². The van der Waals surface area contributed by atoms with Crippen molar-refractivity contribution >= 4 is 33.6 Å². The molecule has 1 N–H and O–H groups in total. The summed E-state index contributed by atoms with van der Waals surface area (Å²) < 4.78 is 0. The molecule has 4 aromatic carbocycles. The van der Waals surface area contributed by atoms with Gasteiger partial charge in [0.15, 0.2) is 0 Å². The molecule has 3 heterocycles. The molecule has 8 rings (SSSR count). The van der Waals surface area contributed by atoms with Gasteiger partial charge < -0.3 is 9.80 Å². The predicted molar refractivity (Wildman–Crippen MR) is 149 cm³/mol. The van der Waals surface area contributed by atoms with E-state index in [0.29, 0.717) is 34.8 Å². The van der Waals surface area contributed by atoms with Gasteiger partial charge in [0.05, 0.1) is 0 Å². The van der Waals surface area contributed by atoms with Crippen LogP contribution in [-0.2, 0) is 0 Å². The number of nitrogens with one attached hydrogen (secondary N) is 1. The number of H-pyrrole nitrogens is 1. The molecular weight excluding hydrogens is 486 g/mol. The van der Waals surface area contributed by atoms with Gasteiger partial charge in [0, 0.05) is 37.3 Å². The third-order valence-electron chi connectivity index (χ3n) is 9.26. The molecule has 39 heavy (non-hydrogen) atoms. The Morgan fingerprint density at radius 3 is 1.85 bits per heavy atom. The molecule has 7 nitrogen and oxygen atoms in total. The van der Waals surface area contributed by atoms with Gasteiger partial charge in [0.25, 0.3) is 11.8 Å². The third-order valence-corrected chi connectivity index (χ3v) is 9.26. The van der Waals surface area contributed by atoms with Gasteiger partial charge in [-0.25, -0.2) is 0 Å². The molecule has 3 fully saturated rings. The molecule has 1 saturated carbocycles. The fraction of sp³-hybridized carbons (Fsp3) is 0.250. The second kappa shape index (κ2) is 8.50. The summed E-state index contributed by atoms with van der Waals surface area (Å²) >= 11 is 0. The molecule has 4 atom stereocenters. The first kappa shape index (κ1) is 22.5. The van der Waals surface area contributed by atoms with E-state index in [1.165, 1.54) is 11.1 Å². The molecule has 5 aromatic rings. The number of benzene rings is 4. The second-order valence-electron chi connectivity index (χ2n) is 11.2. The van der Waals surface area contributed by atoms with Gasteiger partial charge in [-0.05, 0) is 82.0 Å². The zero-order valence-corrected chi connectivity index (χ0v) is 21.3. The van der Waals surface area contributed by atoms with Crippen LogP contribution in [0, 0.1) is 23.7 Å². The lowest BCUT2D eigenvalue weighted by atomic mass is 9.60. The zero-order valence-electron chi connectivity index (χ0n) is 21.3. The Morgan fingerprint density at radius 2 is 1.15 bits per heavy atom. The SMILES string of the molecule is O=C(c1ccc2cc(-c3ccccc3)ccc2c1)N1C[C@@H]2[C@H](C1)[C@H]1CN(C(=O)c3ccc4n[nH]nc4c3)C[C@@H]21. The molecule has 0 spiro atoms. The minimum absolute atomic E-state index is 0.0619. The van der Waals surface area contributed by atoms with E-state index < -0.39 is 0 Å². The van der Waals surface area contributed by atoms with Crippen molar-refractivity contribution in [2.45, 2.75) is 0 Å². The molecule has 1 aliphatic carbocycles. The maximum Gasteiger partial charge on any atom is 0.253 e. The third kappa shape index (κ3) is 3.56. The Kier molecular flexibility index (Phi) is 4.89. The van der Waals surface area contributed by atoms with Crippen LogP contribution in [0.15, 0.2) is 84.9 Å². The molecule has 0 bridgehead atoms. The van der Waals surface area contributed by atoms with Gasteiger partial charge in [-0.15, -0.1) is 0 Å². The minimum Gasteiger partial charge on any atom is -0.338 e. The summed E-state index contributed by atoms with van der Waals surface area (Å²) in [5.41, 5.74) is 5.24. The fourth-order valence-corrected chi connectivity index (χ4v) is 7.23. The smallest absolute Gasteiger partial charge is 0.253 e. The molecule has 0 unspecified atom stereocenters. The van der Waals surface area contributed by atoms with E-state index in [9.17, 15) is 9.59 Å². The highest BCUT2D eigenvalue weighted by atomic mass is 16.2. The summed E-state index contributed by atoms with van der Waals surface area (Å²) in [6, 6.07) is 28.3. The average Bonchev–Trinajstić information content (AvgIpc) is 3.71. The Bertz CT molecular complexity index is 1740. The van der Waals surface area contributed by atoms with Crippen molar-refractivity contribution in [1.29, 1.82) is 0 Å². The standard InChI is InChI=1S/C32H27N5O2/c38-31(23-9-8-21-12-20(6-7-22(21)13-23)19-4-2-1-3-5-19)36-15-25-26(16-36)28-18-37(17-27(25)28)32(39)24-10-11-29-30(14-24)34-35-33-29/h1-14,25-28H,15-18H2,(H,33,34,35)/t25-,26+,27+,28-. The lowest BCUT2D eigenvalue weighted by molar-refractivity contribution is 0.0629. The number of nitrogens with zero attached hydrogens (tertiary/aromatic N) is 4. The van der Waals surface area contributed by atoms with Crippen molar-refractivity contribution in [2.24, 2.45) is 23.7 Å². The summed E-state index contributed by atoms with van der Waals surface area (Å²) in [7, 11) is 0. The molecular formula is C32H27N5O2. The van der Waals surface area contributed by atoms with Crippen LogP contribution < -0.4 is 0 Å². The first-order chi connectivity index (χ1) is 19.1. The number of carbonyl (C=O) groups excluding carboxylic acids is 2. The number of hydrogen-bond acceptors (Lipinski definition) is 4. The van der Waals surface area contributed by atoms with Crippen LogP contribution in [-0.4, -0.2) is 63.2 Å².